The van der Waals surface area contributed by atoms with Gasteiger partial charge in [-0.25, -0.2) is 4.98 Å². The summed E-state index contributed by atoms with van der Waals surface area (Å²) in [5.74, 6) is 0.956. The Balaban J connectivity index is 3.00. The van der Waals surface area contributed by atoms with Gasteiger partial charge in [-0.1, -0.05) is 6.92 Å². The van der Waals surface area contributed by atoms with Crippen LogP contribution in [0.15, 0.2) is 12.3 Å². The Hall–Kier alpha value is -1.09. The second kappa shape index (κ2) is 4.42. The van der Waals surface area contributed by atoms with Crippen molar-refractivity contribution in [1.29, 1.82) is 0 Å². The maximum atomic E-state index is 9.63. The molecular formula is C11H18N2O. The molecule has 1 heterocycles. The van der Waals surface area contributed by atoms with Gasteiger partial charge in [-0.15, -0.1) is 0 Å². The number of rotatable bonds is 3. The van der Waals surface area contributed by atoms with Crippen LogP contribution in [0.3, 0.4) is 0 Å². The molecule has 0 saturated carbocycles. The number of aliphatic hydroxyl groups is 1. The van der Waals surface area contributed by atoms with Crippen molar-refractivity contribution in [1.82, 2.24) is 4.98 Å². The van der Waals surface area contributed by atoms with E-state index in [-0.39, 0.29) is 0 Å². The van der Waals surface area contributed by atoms with Crippen molar-refractivity contribution in [2.45, 2.75) is 26.4 Å². The lowest BCUT2D eigenvalue weighted by molar-refractivity contribution is 0.173. The second-order valence-electron chi connectivity index (χ2n) is 3.73. The molecule has 78 valence electrons. The van der Waals surface area contributed by atoms with Crippen molar-refractivity contribution in [3.8, 4) is 0 Å². The number of anilines is 1. The molecule has 0 spiro atoms. The number of nitrogens with zero attached hydrogens (tertiary/aromatic N) is 2. The molecule has 0 saturated heterocycles. The summed E-state index contributed by atoms with van der Waals surface area (Å²) >= 11 is 0. The molecule has 3 nitrogen and oxygen atoms in total. The number of hydrogen-bond donors (Lipinski definition) is 1. The Morgan fingerprint density at radius 1 is 1.50 bits per heavy atom. The topological polar surface area (TPSA) is 36.4 Å². The average molecular weight is 194 g/mol. The van der Waals surface area contributed by atoms with Gasteiger partial charge in [0.2, 0.25) is 0 Å². The Labute approximate surface area is 85.4 Å². The summed E-state index contributed by atoms with van der Waals surface area (Å²) in [7, 11) is 3.93. The Kier molecular flexibility index (Phi) is 3.47. The first-order valence-corrected chi connectivity index (χ1v) is 4.88. The van der Waals surface area contributed by atoms with E-state index in [0.717, 1.165) is 23.4 Å². The standard InChI is InChI=1S/C11H18N2O/c1-5-10(14)9-6-8(2)11(12-7-9)13(3)4/h6-7,10,14H,5H2,1-4H3. The van der Waals surface area contributed by atoms with Gasteiger partial charge in [-0.2, -0.15) is 0 Å². The van der Waals surface area contributed by atoms with Crippen LogP contribution in [0.2, 0.25) is 0 Å². The van der Waals surface area contributed by atoms with Crippen molar-refractivity contribution in [2.24, 2.45) is 0 Å². The highest BCUT2D eigenvalue weighted by Gasteiger charge is 2.08. The molecule has 1 unspecified atom stereocenters. The molecule has 0 aliphatic heterocycles. The van der Waals surface area contributed by atoms with Crippen LogP contribution in [0, 0.1) is 6.92 Å². The minimum atomic E-state index is -0.391. The molecule has 14 heavy (non-hydrogen) atoms. The number of aryl methyl sites for hydroxylation is 1. The summed E-state index contributed by atoms with van der Waals surface area (Å²) in [4.78, 5) is 6.28. The minimum Gasteiger partial charge on any atom is -0.388 e. The predicted octanol–water partition coefficient (Wildman–Crippen LogP) is 1.90. The van der Waals surface area contributed by atoms with Crippen molar-refractivity contribution in [3.63, 3.8) is 0 Å². The molecule has 0 amide bonds. The van der Waals surface area contributed by atoms with Crippen molar-refractivity contribution >= 4 is 5.82 Å². The van der Waals surface area contributed by atoms with Crippen LogP contribution in [-0.4, -0.2) is 24.2 Å². The van der Waals surface area contributed by atoms with Crippen LogP contribution < -0.4 is 4.90 Å². The monoisotopic (exact) mass is 194 g/mol. The van der Waals surface area contributed by atoms with Crippen LogP contribution in [0.1, 0.15) is 30.6 Å². The predicted molar refractivity (Wildman–Crippen MR) is 58.6 cm³/mol. The number of hydrogen-bond acceptors (Lipinski definition) is 3. The molecule has 1 rings (SSSR count). The molecule has 0 aliphatic carbocycles. The lowest BCUT2D eigenvalue weighted by Gasteiger charge is -2.16. The van der Waals surface area contributed by atoms with E-state index >= 15 is 0 Å². The fourth-order valence-electron chi connectivity index (χ4n) is 1.48. The quantitative estimate of drug-likeness (QED) is 0.798. The average Bonchev–Trinajstić information content (AvgIpc) is 2.15. The molecule has 0 fully saturated rings. The highest BCUT2D eigenvalue weighted by atomic mass is 16.3. The smallest absolute Gasteiger partial charge is 0.130 e. The van der Waals surface area contributed by atoms with Gasteiger partial charge in [0.25, 0.3) is 0 Å². The molecule has 0 aliphatic rings. The van der Waals surface area contributed by atoms with Crippen LogP contribution in [0.5, 0.6) is 0 Å². The summed E-state index contributed by atoms with van der Waals surface area (Å²) in [5.41, 5.74) is 2.00. The van der Waals surface area contributed by atoms with Gasteiger partial charge in [0.1, 0.15) is 5.82 Å². The summed E-state index contributed by atoms with van der Waals surface area (Å²) in [5, 5.41) is 9.63. The highest BCUT2D eigenvalue weighted by molar-refractivity contribution is 5.46. The van der Waals surface area contributed by atoms with E-state index in [2.05, 4.69) is 4.98 Å². The lowest BCUT2D eigenvalue weighted by Crippen LogP contribution is -2.12. The first-order chi connectivity index (χ1) is 6.56. The summed E-state index contributed by atoms with van der Waals surface area (Å²) in [6, 6.07) is 2.00. The van der Waals surface area contributed by atoms with E-state index in [1.165, 1.54) is 0 Å². The van der Waals surface area contributed by atoms with Crippen LogP contribution in [0.4, 0.5) is 5.82 Å². The molecule has 0 radical (unpaired) electrons. The molecule has 1 aromatic rings. The molecule has 1 atom stereocenters. The van der Waals surface area contributed by atoms with E-state index in [1.54, 1.807) is 6.20 Å². The number of aliphatic hydroxyl groups excluding tert-OH is 1. The van der Waals surface area contributed by atoms with Gasteiger partial charge >= 0.3 is 0 Å². The zero-order chi connectivity index (χ0) is 10.7. The first kappa shape index (κ1) is 11.0. The normalized spacial score (nSPS) is 12.6. The third kappa shape index (κ3) is 2.23. The van der Waals surface area contributed by atoms with Gasteiger partial charge in [0.15, 0.2) is 0 Å². The number of aromatic nitrogens is 1. The van der Waals surface area contributed by atoms with E-state index in [1.807, 2.05) is 38.9 Å². The zero-order valence-electron chi connectivity index (χ0n) is 9.28. The minimum absolute atomic E-state index is 0.391. The fraction of sp³-hybridized carbons (Fsp3) is 0.545. The molecule has 1 aromatic heterocycles. The second-order valence-corrected chi connectivity index (χ2v) is 3.73. The summed E-state index contributed by atoms with van der Waals surface area (Å²) in [6.07, 6.45) is 2.08. The van der Waals surface area contributed by atoms with Gasteiger partial charge < -0.3 is 10.0 Å². The van der Waals surface area contributed by atoms with Gasteiger partial charge in [-0.3, -0.25) is 0 Å². The van der Waals surface area contributed by atoms with E-state index in [4.69, 9.17) is 0 Å². The lowest BCUT2D eigenvalue weighted by atomic mass is 10.1. The molecule has 0 bridgehead atoms. The van der Waals surface area contributed by atoms with Gasteiger partial charge in [-0.05, 0) is 30.5 Å². The first-order valence-electron chi connectivity index (χ1n) is 4.88. The van der Waals surface area contributed by atoms with E-state index in [9.17, 15) is 5.11 Å². The third-order valence-corrected chi connectivity index (χ3v) is 2.27. The highest BCUT2D eigenvalue weighted by Crippen LogP contribution is 2.21. The van der Waals surface area contributed by atoms with E-state index in [0.29, 0.717) is 0 Å². The molecule has 0 aromatic carbocycles. The maximum absolute atomic E-state index is 9.63. The Bertz CT molecular complexity index is 310. The summed E-state index contributed by atoms with van der Waals surface area (Å²) in [6.45, 7) is 3.97. The van der Waals surface area contributed by atoms with Gasteiger partial charge in [0.05, 0.1) is 6.10 Å². The Morgan fingerprint density at radius 3 is 2.57 bits per heavy atom. The third-order valence-electron chi connectivity index (χ3n) is 2.27. The SMILES string of the molecule is CCC(O)c1cnc(N(C)C)c(C)c1. The summed E-state index contributed by atoms with van der Waals surface area (Å²) < 4.78 is 0. The van der Waals surface area contributed by atoms with Crippen LogP contribution in [0.25, 0.3) is 0 Å². The fourth-order valence-corrected chi connectivity index (χ4v) is 1.48. The van der Waals surface area contributed by atoms with Crippen LogP contribution >= 0.6 is 0 Å². The van der Waals surface area contributed by atoms with Crippen molar-refractivity contribution < 1.29 is 5.11 Å². The Morgan fingerprint density at radius 2 is 2.14 bits per heavy atom. The van der Waals surface area contributed by atoms with Crippen LogP contribution in [-0.2, 0) is 0 Å². The zero-order valence-corrected chi connectivity index (χ0v) is 9.28. The van der Waals surface area contributed by atoms with E-state index < -0.39 is 6.10 Å². The maximum Gasteiger partial charge on any atom is 0.130 e. The molecule has 3 heteroatoms. The van der Waals surface area contributed by atoms with Crippen molar-refractivity contribution in [3.05, 3.63) is 23.4 Å². The van der Waals surface area contributed by atoms with Gasteiger partial charge in [0, 0.05) is 20.3 Å². The largest absolute Gasteiger partial charge is 0.388 e. The molecular weight excluding hydrogens is 176 g/mol. The number of pyridine rings is 1. The molecule has 1 N–H and O–H groups in total. The van der Waals surface area contributed by atoms with Crippen molar-refractivity contribution in [2.75, 3.05) is 19.0 Å².